The van der Waals surface area contributed by atoms with Crippen LogP contribution in [-0.4, -0.2) is 53.8 Å². The number of hydrogen-bond donors (Lipinski definition) is 2. The van der Waals surface area contributed by atoms with Gasteiger partial charge in [0, 0.05) is 12.3 Å². The van der Waals surface area contributed by atoms with Crippen LogP contribution in [0.15, 0.2) is 30.3 Å². The average molecular weight is 308 g/mol. The first-order chi connectivity index (χ1) is 10.6. The zero-order valence-electron chi connectivity index (χ0n) is 12.1. The highest BCUT2D eigenvalue weighted by atomic mass is 16.6. The number of rotatable bonds is 6. The third-order valence-electron chi connectivity index (χ3n) is 4.10. The molecule has 6 heteroatoms. The third-order valence-corrected chi connectivity index (χ3v) is 4.10. The summed E-state index contributed by atoms with van der Waals surface area (Å²) < 4.78 is 16.2. The van der Waals surface area contributed by atoms with Crippen molar-refractivity contribution in [1.29, 1.82) is 0 Å². The largest absolute Gasteiger partial charge is 0.491 e. The van der Waals surface area contributed by atoms with Crippen LogP contribution in [0.5, 0.6) is 5.75 Å². The maximum atomic E-state index is 11.3. The molecule has 1 aliphatic carbocycles. The molecule has 1 aromatic rings. The van der Waals surface area contributed by atoms with Crippen molar-refractivity contribution in [1.82, 2.24) is 0 Å². The van der Waals surface area contributed by atoms with E-state index in [0.717, 1.165) is 0 Å². The van der Waals surface area contributed by atoms with Crippen LogP contribution in [0, 0.1) is 5.92 Å². The first-order valence-electron chi connectivity index (χ1n) is 7.48. The Morgan fingerprint density at radius 3 is 2.82 bits per heavy atom. The van der Waals surface area contributed by atoms with Gasteiger partial charge in [-0.05, 0) is 12.1 Å². The first kappa shape index (κ1) is 15.3. The number of carbonyl (C=O) groups excluding carboxylic acids is 1. The predicted octanol–water partition coefficient (Wildman–Crippen LogP) is 0.508. The van der Waals surface area contributed by atoms with Gasteiger partial charge in [0.25, 0.3) is 0 Å². The van der Waals surface area contributed by atoms with Crippen LogP contribution in [0.4, 0.5) is 0 Å². The van der Waals surface area contributed by atoms with Crippen LogP contribution in [0.1, 0.15) is 12.8 Å². The Morgan fingerprint density at radius 2 is 2.05 bits per heavy atom. The van der Waals surface area contributed by atoms with Crippen LogP contribution >= 0.6 is 0 Å². The fourth-order valence-corrected chi connectivity index (χ4v) is 3.05. The van der Waals surface area contributed by atoms with Crippen molar-refractivity contribution in [2.45, 2.75) is 37.3 Å². The number of fused-ring (bicyclic) bond motifs is 1. The Kier molecular flexibility index (Phi) is 4.61. The van der Waals surface area contributed by atoms with Crippen LogP contribution in [0.25, 0.3) is 0 Å². The highest BCUT2D eigenvalue weighted by molar-refractivity contribution is 5.72. The lowest BCUT2D eigenvalue weighted by molar-refractivity contribution is -0.142. The van der Waals surface area contributed by atoms with Crippen molar-refractivity contribution in [3.05, 3.63) is 30.3 Å². The molecule has 1 heterocycles. The van der Waals surface area contributed by atoms with Gasteiger partial charge in [0.05, 0.1) is 25.2 Å². The molecule has 0 bridgehead atoms. The normalized spacial score (nSPS) is 31.6. The molecular formula is C16H20O6. The second-order valence-electron chi connectivity index (χ2n) is 5.78. The number of aliphatic hydroxyl groups excluding tert-OH is 2. The minimum atomic E-state index is -0.801. The first-order valence-corrected chi connectivity index (χ1v) is 7.48. The lowest BCUT2D eigenvalue weighted by Gasteiger charge is -2.22. The molecule has 120 valence electrons. The molecule has 2 aliphatic rings. The van der Waals surface area contributed by atoms with Crippen molar-refractivity contribution in [3.63, 3.8) is 0 Å². The van der Waals surface area contributed by atoms with Gasteiger partial charge in [0.15, 0.2) is 0 Å². The standard InChI is InChI=1S/C16H20O6/c17-10(8-20-11-4-2-1-3-5-11)9-21-16-12-6-15(19)22-14(12)7-13(16)18/h1-5,10,12-14,16-18H,6-9H2/t10?,12-,13?,14?,16?/m1/s1. The molecule has 1 saturated heterocycles. The second-order valence-corrected chi connectivity index (χ2v) is 5.78. The lowest BCUT2D eigenvalue weighted by Crippen LogP contribution is -2.34. The van der Waals surface area contributed by atoms with E-state index in [0.29, 0.717) is 12.2 Å². The van der Waals surface area contributed by atoms with Crippen molar-refractivity contribution in [2.75, 3.05) is 13.2 Å². The van der Waals surface area contributed by atoms with Crippen LogP contribution in [-0.2, 0) is 14.3 Å². The molecular weight excluding hydrogens is 288 g/mol. The van der Waals surface area contributed by atoms with E-state index in [1.54, 1.807) is 12.1 Å². The minimum Gasteiger partial charge on any atom is -0.491 e. The fraction of sp³-hybridized carbons (Fsp3) is 0.562. The molecule has 0 amide bonds. The van der Waals surface area contributed by atoms with Crippen molar-refractivity contribution >= 4 is 5.97 Å². The van der Waals surface area contributed by atoms with Gasteiger partial charge < -0.3 is 24.4 Å². The molecule has 1 aliphatic heterocycles. The number of aliphatic hydroxyl groups is 2. The quantitative estimate of drug-likeness (QED) is 0.745. The van der Waals surface area contributed by atoms with Gasteiger partial charge in [-0.15, -0.1) is 0 Å². The smallest absolute Gasteiger partial charge is 0.306 e. The highest BCUT2D eigenvalue weighted by Gasteiger charge is 2.50. The molecule has 6 nitrogen and oxygen atoms in total. The van der Waals surface area contributed by atoms with Gasteiger partial charge >= 0.3 is 5.97 Å². The van der Waals surface area contributed by atoms with Gasteiger partial charge in [-0.2, -0.15) is 0 Å². The van der Waals surface area contributed by atoms with E-state index in [1.165, 1.54) is 0 Å². The monoisotopic (exact) mass is 308 g/mol. The van der Waals surface area contributed by atoms with Crippen LogP contribution in [0.3, 0.4) is 0 Å². The van der Waals surface area contributed by atoms with E-state index in [-0.39, 0.29) is 37.6 Å². The minimum absolute atomic E-state index is 0.0476. The molecule has 5 atom stereocenters. The Balaban J connectivity index is 1.44. The molecule has 4 unspecified atom stereocenters. The molecule has 0 radical (unpaired) electrons. The van der Waals surface area contributed by atoms with Crippen molar-refractivity contribution in [2.24, 2.45) is 5.92 Å². The maximum Gasteiger partial charge on any atom is 0.306 e. The zero-order valence-corrected chi connectivity index (χ0v) is 12.1. The molecule has 0 spiro atoms. The summed E-state index contributed by atoms with van der Waals surface area (Å²) in [5.41, 5.74) is 0. The summed E-state index contributed by atoms with van der Waals surface area (Å²) in [5, 5.41) is 19.9. The summed E-state index contributed by atoms with van der Waals surface area (Å²) in [6.45, 7) is 0.155. The summed E-state index contributed by atoms with van der Waals surface area (Å²) in [6.07, 6.45) is -1.52. The summed E-state index contributed by atoms with van der Waals surface area (Å²) in [4.78, 5) is 11.3. The third kappa shape index (κ3) is 3.40. The SMILES string of the molecule is O=C1C[C@@H]2C(CC(O)C2OCC(O)COc2ccccc2)O1. The number of esters is 1. The van der Waals surface area contributed by atoms with Crippen LogP contribution in [0.2, 0.25) is 0 Å². The maximum absolute atomic E-state index is 11.3. The Morgan fingerprint density at radius 1 is 1.27 bits per heavy atom. The van der Waals surface area contributed by atoms with Gasteiger partial charge in [-0.1, -0.05) is 18.2 Å². The fourth-order valence-electron chi connectivity index (χ4n) is 3.05. The number of hydrogen-bond acceptors (Lipinski definition) is 6. The zero-order chi connectivity index (χ0) is 15.5. The van der Waals surface area contributed by atoms with Gasteiger partial charge in [-0.25, -0.2) is 0 Å². The van der Waals surface area contributed by atoms with E-state index >= 15 is 0 Å². The lowest BCUT2D eigenvalue weighted by atomic mass is 10.0. The molecule has 1 aromatic carbocycles. The molecule has 3 rings (SSSR count). The molecule has 2 N–H and O–H groups in total. The molecule has 1 saturated carbocycles. The topological polar surface area (TPSA) is 85.2 Å². The van der Waals surface area contributed by atoms with E-state index < -0.39 is 18.3 Å². The summed E-state index contributed by atoms with van der Waals surface area (Å²) >= 11 is 0. The van der Waals surface area contributed by atoms with Crippen molar-refractivity contribution in [3.8, 4) is 5.75 Å². The average Bonchev–Trinajstić information content (AvgIpc) is 2.99. The Labute approximate surface area is 128 Å². The van der Waals surface area contributed by atoms with Gasteiger partial charge in [0.2, 0.25) is 0 Å². The number of ether oxygens (including phenoxy) is 3. The second kappa shape index (κ2) is 6.64. The van der Waals surface area contributed by atoms with Gasteiger partial charge in [0.1, 0.15) is 24.6 Å². The van der Waals surface area contributed by atoms with Gasteiger partial charge in [-0.3, -0.25) is 4.79 Å². The highest BCUT2D eigenvalue weighted by Crippen LogP contribution is 2.38. The molecule has 0 aromatic heterocycles. The number of para-hydroxylation sites is 1. The van der Waals surface area contributed by atoms with Crippen molar-refractivity contribution < 1.29 is 29.2 Å². The Hall–Kier alpha value is -1.63. The molecule has 22 heavy (non-hydrogen) atoms. The van der Waals surface area contributed by atoms with E-state index in [4.69, 9.17) is 14.2 Å². The Bertz CT molecular complexity index is 505. The predicted molar refractivity (Wildman–Crippen MR) is 76.3 cm³/mol. The van der Waals surface area contributed by atoms with Crippen LogP contribution < -0.4 is 4.74 Å². The number of benzene rings is 1. The molecule has 2 fully saturated rings. The summed E-state index contributed by atoms with van der Waals surface area (Å²) in [5.74, 6) is 0.311. The van der Waals surface area contributed by atoms with E-state index in [2.05, 4.69) is 0 Å². The summed E-state index contributed by atoms with van der Waals surface area (Å²) in [6, 6.07) is 9.20. The van der Waals surface area contributed by atoms with E-state index in [1.807, 2.05) is 18.2 Å². The summed E-state index contributed by atoms with van der Waals surface area (Å²) in [7, 11) is 0. The number of carbonyl (C=O) groups is 1. The van der Waals surface area contributed by atoms with E-state index in [9.17, 15) is 15.0 Å².